The lowest BCUT2D eigenvalue weighted by Crippen LogP contribution is -2.07. The molecule has 0 bridgehead atoms. The highest BCUT2D eigenvalue weighted by Gasteiger charge is 2.07. The monoisotopic (exact) mass is 198 g/mol. The van der Waals surface area contributed by atoms with Crippen LogP contribution in [-0.2, 0) is 14.3 Å². The summed E-state index contributed by atoms with van der Waals surface area (Å²) in [6, 6.07) is 0. The van der Waals surface area contributed by atoms with Gasteiger partial charge >= 0.3 is 5.97 Å². The third kappa shape index (κ3) is 5.00. The maximum Gasteiger partial charge on any atom is 0.305 e. The molecule has 1 heterocycles. The number of rotatable bonds is 0. The van der Waals surface area contributed by atoms with E-state index in [0.717, 1.165) is 32.1 Å². The van der Waals surface area contributed by atoms with Gasteiger partial charge in [-0.25, -0.2) is 0 Å². The molecule has 1 rings (SSSR count). The Labute approximate surface area is 84.8 Å². The van der Waals surface area contributed by atoms with E-state index in [2.05, 4.69) is 0 Å². The van der Waals surface area contributed by atoms with Crippen LogP contribution in [0.15, 0.2) is 0 Å². The van der Waals surface area contributed by atoms with Crippen LogP contribution in [0.1, 0.15) is 51.4 Å². The molecule has 14 heavy (non-hydrogen) atoms. The van der Waals surface area contributed by atoms with E-state index in [0.29, 0.717) is 31.7 Å². The van der Waals surface area contributed by atoms with Crippen molar-refractivity contribution in [1.29, 1.82) is 0 Å². The number of cyclic esters (lactones) is 1. The van der Waals surface area contributed by atoms with E-state index in [1.54, 1.807) is 0 Å². The lowest BCUT2D eigenvalue weighted by molar-refractivity contribution is -0.144. The Bertz CT molecular complexity index is 177. The highest BCUT2D eigenvalue weighted by molar-refractivity contribution is 5.78. The number of carbonyl (C=O) groups is 2. The van der Waals surface area contributed by atoms with Gasteiger partial charge in [0.15, 0.2) is 0 Å². The van der Waals surface area contributed by atoms with Gasteiger partial charge in [0.25, 0.3) is 0 Å². The zero-order chi connectivity index (χ0) is 10.2. The molecule has 0 radical (unpaired) electrons. The smallest absolute Gasteiger partial charge is 0.305 e. The van der Waals surface area contributed by atoms with E-state index in [-0.39, 0.29) is 5.97 Å². The van der Waals surface area contributed by atoms with E-state index < -0.39 is 0 Å². The van der Waals surface area contributed by atoms with Crippen LogP contribution in [-0.4, -0.2) is 18.4 Å². The lowest BCUT2D eigenvalue weighted by Gasteiger charge is -2.07. The maximum absolute atomic E-state index is 11.3. The molecule has 0 saturated carbocycles. The summed E-state index contributed by atoms with van der Waals surface area (Å²) in [4.78, 5) is 22.3. The van der Waals surface area contributed by atoms with Gasteiger partial charge in [0.1, 0.15) is 5.78 Å². The standard InChI is InChI=1S/C11H18O3/c12-10-6-2-1-5-9-14-11(13)8-4-3-7-10/h1-9H2. The van der Waals surface area contributed by atoms with E-state index in [1.807, 2.05) is 0 Å². The third-order valence-electron chi connectivity index (χ3n) is 2.45. The van der Waals surface area contributed by atoms with Crippen molar-refractivity contribution < 1.29 is 14.3 Å². The van der Waals surface area contributed by atoms with Gasteiger partial charge in [-0.1, -0.05) is 0 Å². The summed E-state index contributed by atoms with van der Waals surface area (Å²) in [5.41, 5.74) is 0. The first-order valence-electron chi connectivity index (χ1n) is 5.46. The number of Topliss-reactive ketones (excluding diaryl/α,β-unsaturated/α-hetero) is 1. The lowest BCUT2D eigenvalue weighted by atomic mass is 10.1. The SMILES string of the molecule is O=C1CCCCCOC(=O)CCCC1. The molecular weight excluding hydrogens is 180 g/mol. The molecule has 3 nitrogen and oxygen atoms in total. The van der Waals surface area contributed by atoms with Crippen molar-refractivity contribution in [2.24, 2.45) is 0 Å². The predicted octanol–water partition coefficient (Wildman–Crippen LogP) is 2.23. The number of esters is 1. The Balaban J connectivity index is 2.27. The summed E-state index contributed by atoms with van der Waals surface area (Å²) >= 11 is 0. The molecule has 0 unspecified atom stereocenters. The third-order valence-corrected chi connectivity index (χ3v) is 2.45. The van der Waals surface area contributed by atoms with Crippen molar-refractivity contribution in [3.63, 3.8) is 0 Å². The zero-order valence-electron chi connectivity index (χ0n) is 8.59. The van der Waals surface area contributed by atoms with Crippen molar-refractivity contribution in [2.75, 3.05) is 6.61 Å². The van der Waals surface area contributed by atoms with Gasteiger partial charge in [0.05, 0.1) is 6.61 Å². The first-order valence-corrected chi connectivity index (χ1v) is 5.46. The fraction of sp³-hybridized carbons (Fsp3) is 0.818. The molecular formula is C11H18O3. The van der Waals surface area contributed by atoms with E-state index >= 15 is 0 Å². The van der Waals surface area contributed by atoms with E-state index in [9.17, 15) is 9.59 Å². The Morgan fingerprint density at radius 2 is 1.43 bits per heavy atom. The molecule has 1 aliphatic heterocycles. The average Bonchev–Trinajstić information content (AvgIpc) is 2.16. The molecule has 3 heteroatoms. The molecule has 0 aromatic heterocycles. The second-order valence-electron chi connectivity index (χ2n) is 3.78. The highest BCUT2D eigenvalue weighted by Crippen LogP contribution is 2.09. The van der Waals surface area contributed by atoms with Crippen LogP contribution in [0.2, 0.25) is 0 Å². The first-order chi connectivity index (χ1) is 6.79. The largest absolute Gasteiger partial charge is 0.466 e. The number of ether oxygens (including phenoxy) is 1. The minimum atomic E-state index is -0.113. The quantitative estimate of drug-likeness (QED) is 0.560. The van der Waals surface area contributed by atoms with Crippen molar-refractivity contribution in [3.8, 4) is 0 Å². The molecule has 0 atom stereocenters. The van der Waals surface area contributed by atoms with Crippen molar-refractivity contribution in [2.45, 2.75) is 51.4 Å². The maximum atomic E-state index is 11.3. The Morgan fingerprint density at radius 3 is 2.21 bits per heavy atom. The van der Waals surface area contributed by atoms with E-state index in [4.69, 9.17) is 4.74 Å². The molecule has 1 aliphatic rings. The number of carbonyl (C=O) groups excluding carboxylic acids is 2. The minimum absolute atomic E-state index is 0.113. The minimum Gasteiger partial charge on any atom is -0.466 e. The van der Waals surface area contributed by atoms with Crippen LogP contribution < -0.4 is 0 Å². The molecule has 0 amide bonds. The fourth-order valence-electron chi connectivity index (χ4n) is 1.58. The van der Waals surface area contributed by atoms with Crippen LogP contribution >= 0.6 is 0 Å². The Hall–Kier alpha value is -0.860. The average molecular weight is 198 g/mol. The van der Waals surface area contributed by atoms with Gasteiger partial charge in [-0.3, -0.25) is 9.59 Å². The van der Waals surface area contributed by atoms with E-state index in [1.165, 1.54) is 0 Å². The number of hydrogen-bond acceptors (Lipinski definition) is 3. The predicted molar refractivity (Wildman–Crippen MR) is 52.9 cm³/mol. The van der Waals surface area contributed by atoms with Crippen molar-refractivity contribution in [1.82, 2.24) is 0 Å². The molecule has 1 saturated heterocycles. The van der Waals surface area contributed by atoms with Gasteiger partial charge in [-0.05, 0) is 32.1 Å². The molecule has 1 fully saturated rings. The van der Waals surface area contributed by atoms with Crippen LogP contribution in [0, 0.1) is 0 Å². The molecule has 80 valence electrons. The second-order valence-corrected chi connectivity index (χ2v) is 3.78. The van der Waals surface area contributed by atoms with Crippen LogP contribution in [0.4, 0.5) is 0 Å². The van der Waals surface area contributed by atoms with Crippen molar-refractivity contribution in [3.05, 3.63) is 0 Å². The summed E-state index contributed by atoms with van der Waals surface area (Å²) in [5, 5.41) is 0. The molecule has 0 aliphatic carbocycles. The Morgan fingerprint density at radius 1 is 0.786 bits per heavy atom. The van der Waals surface area contributed by atoms with Gasteiger partial charge in [-0.2, -0.15) is 0 Å². The molecule has 0 N–H and O–H groups in total. The summed E-state index contributed by atoms with van der Waals surface area (Å²) in [6.45, 7) is 0.521. The first kappa shape index (κ1) is 11.2. The zero-order valence-corrected chi connectivity index (χ0v) is 8.59. The number of hydrogen-bond donors (Lipinski definition) is 0. The number of ketones is 1. The van der Waals surface area contributed by atoms with Crippen LogP contribution in [0.5, 0.6) is 0 Å². The summed E-state index contributed by atoms with van der Waals surface area (Å²) < 4.78 is 5.02. The van der Waals surface area contributed by atoms with Crippen LogP contribution in [0.3, 0.4) is 0 Å². The Kier molecular flexibility index (Phi) is 5.27. The van der Waals surface area contributed by atoms with Gasteiger partial charge in [-0.15, -0.1) is 0 Å². The van der Waals surface area contributed by atoms with Gasteiger partial charge in [0, 0.05) is 19.3 Å². The van der Waals surface area contributed by atoms with Gasteiger partial charge in [0.2, 0.25) is 0 Å². The summed E-state index contributed by atoms with van der Waals surface area (Å²) in [7, 11) is 0. The summed E-state index contributed by atoms with van der Waals surface area (Å²) in [5.74, 6) is 0.233. The van der Waals surface area contributed by atoms with Crippen molar-refractivity contribution >= 4 is 11.8 Å². The normalized spacial score (nSPS) is 22.0. The second kappa shape index (κ2) is 6.57. The fourth-order valence-corrected chi connectivity index (χ4v) is 1.58. The highest BCUT2D eigenvalue weighted by atomic mass is 16.5. The summed E-state index contributed by atoms with van der Waals surface area (Å²) in [6.07, 6.45) is 6.22. The molecule has 0 aromatic carbocycles. The van der Waals surface area contributed by atoms with Crippen LogP contribution in [0.25, 0.3) is 0 Å². The van der Waals surface area contributed by atoms with Gasteiger partial charge < -0.3 is 4.74 Å². The molecule has 0 aromatic rings. The topological polar surface area (TPSA) is 43.4 Å². The molecule has 0 spiro atoms.